The van der Waals surface area contributed by atoms with Gasteiger partial charge in [0.05, 0.1) is 11.6 Å². The van der Waals surface area contributed by atoms with Crippen LogP contribution in [0.3, 0.4) is 0 Å². The van der Waals surface area contributed by atoms with Gasteiger partial charge in [0, 0.05) is 0 Å². The highest BCUT2D eigenvalue weighted by Crippen LogP contribution is 1.93. The topological polar surface area (TPSA) is 64.2 Å². The minimum Gasteiger partial charge on any atom is -0.423 e. The number of nitrogens with zero attached hydrogens (tertiary/aromatic N) is 1. The highest BCUT2D eigenvalue weighted by atomic mass is 16.4. The van der Waals surface area contributed by atoms with Crippen LogP contribution in [0.1, 0.15) is 19.4 Å². The van der Waals surface area contributed by atoms with Crippen molar-refractivity contribution < 1.29 is 10.0 Å². The van der Waals surface area contributed by atoms with Gasteiger partial charge in [0.25, 0.3) is 0 Å². The van der Waals surface area contributed by atoms with E-state index in [-0.39, 0.29) is 0 Å². The minimum atomic E-state index is -1.46. The third kappa shape index (κ3) is 3.74. The van der Waals surface area contributed by atoms with Gasteiger partial charge in [0.1, 0.15) is 0 Å². The zero-order chi connectivity index (χ0) is 10.3. The lowest BCUT2D eigenvalue weighted by Gasteiger charge is -1.96. The molecule has 0 saturated carbocycles. The molecular formula is C9H12BNO2. The predicted octanol–water partition coefficient (Wildman–Crippen LogP) is 0.264. The first-order valence-electron chi connectivity index (χ1n) is 4.10. The van der Waals surface area contributed by atoms with Gasteiger partial charge in [-0.15, -0.1) is 0 Å². The lowest BCUT2D eigenvalue weighted by Crippen LogP contribution is -2.29. The first-order valence-corrected chi connectivity index (χ1v) is 4.10. The van der Waals surface area contributed by atoms with Gasteiger partial charge in [-0.1, -0.05) is 26.0 Å². The van der Waals surface area contributed by atoms with Crippen LogP contribution < -0.4 is 5.46 Å². The molecule has 0 radical (unpaired) electrons. The van der Waals surface area contributed by atoms with Crippen molar-refractivity contribution in [1.82, 2.24) is 0 Å². The van der Waals surface area contributed by atoms with Crippen molar-refractivity contribution in [2.45, 2.75) is 13.8 Å². The first kappa shape index (κ1) is 11.7. The fourth-order valence-electron chi connectivity index (χ4n) is 0.730. The summed E-state index contributed by atoms with van der Waals surface area (Å²) in [4.78, 5) is 0. The normalized spacial score (nSPS) is 7.92. The zero-order valence-electron chi connectivity index (χ0n) is 7.73. The summed E-state index contributed by atoms with van der Waals surface area (Å²) in [5.41, 5.74) is 0.901. The summed E-state index contributed by atoms with van der Waals surface area (Å²) < 4.78 is 0. The molecule has 0 spiro atoms. The average molecular weight is 177 g/mol. The van der Waals surface area contributed by atoms with Crippen molar-refractivity contribution in [3.05, 3.63) is 29.8 Å². The second kappa shape index (κ2) is 6.24. The Morgan fingerprint density at radius 2 is 1.62 bits per heavy atom. The molecule has 0 atom stereocenters. The average Bonchev–Trinajstić information content (AvgIpc) is 2.21. The lowest BCUT2D eigenvalue weighted by molar-refractivity contribution is 0.426. The molecule has 4 heteroatoms. The Bertz CT molecular complexity index is 277. The molecular weight excluding hydrogens is 165 g/mol. The van der Waals surface area contributed by atoms with Crippen molar-refractivity contribution in [2.24, 2.45) is 0 Å². The molecule has 13 heavy (non-hydrogen) atoms. The third-order valence-corrected chi connectivity index (χ3v) is 1.34. The maximum atomic E-state index is 8.66. The largest absolute Gasteiger partial charge is 0.488 e. The molecule has 0 aromatic heterocycles. The summed E-state index contributed by atoms with van der Waals surface area (Å²) in [6.45, 7) is 4.00. The van der Waals surface area contributed by atoms with Crippen molar-refractivity contribution in [2.75, 3.05) is 0 Å². The molecule has 2 N–H and O–H groups in total. The van der Waals surface area contributed by atoms with Gasteiger partial charge in [-0.05, 0) is 17.6 Å². The number of hydrogen-bond acceptors (Lipinski definition) is 3. The summed E-state index contributed by atoms with van der Waals surface area (Å²) in [6.07, 6.45) is 0. The standard InChI is InChI=1S/C7H6BNO2.C2H6/c9-5-6-1-3-7(4-2-6)8(10)11;1-2/h1-4,10-11H;1-2H3. The van der Waals surface area contributed by atoms with Crippen LogP contribution in [0.25, 0.3) is 0 Å². The second-order valence-electron chi connectivity index (χ2n) is 2.11. The number of rotatable bonds is 1. The molecule has 0 bridgehead atoms. The molecule has 1 aromatic carbocycles. The molecule has 3 nitrogen and oxygen atoms in total. The molecule has 0 aliphatic heterocycles. The van der Waals surface area contributed by atoms with E-state index in [4.69, 9.17) is 15.3 Å². The zero-order valence-corrected chi connectivity index (χ0v) is 7.73. The molecule has 0 fully saturated rings. The molecule has 0 saturated heterocycles. The SMILES string of the molecule is CC.N#Cc1ccc(B(O)O)cc1. The van der Waals surface area contributed by atoms with Gasteiger partial charge < -0.3 is 10.0 Å². The van der Waals surface area contributed by atoms with Crippen molar-refractivity contribution in [3.8, 4) is 6.07 Å². The van der Waals surface area contributed by atoms with Crippen LogP contribution in [-0.2, 0) is 0 Å². The summed E-state index contributed by atoms with van der Waals surface area (Å²) in [6, 6.07) is 8.01. The van der Waals surface area contributed by atoms with E-state index in [1.54, 1.807) is 0 Å². The van der Waals surface area contributed by atoms with Crippen LogP contribution in [0, 0.1) is 11.3 Å². The predicted molar refractivity (Wildman–Crippen MR) is 52.3 cm³/mol. The molecule has 0 aliphatic rings. The Kier molecular flexibility index (Phi) is 5.61. The van der Waals surface area contributed by atoms with Gasteiger partial charge in [0.15, 0.2) is 0 Å². The van der Waals surface area contributed by atoms with Gasteiger partial charge in [-0.3, -0.25) is 0 Å². The van der Waals surface area contributed by atoms with Crippen LogP contribution in [0.2, 0.25) is 0 Å². The van der Waals surface area contributed by atoms with E-state index in [1.807, 2.05) is 19.9 Å². The second-order valence-corrected chi connectivity index (χ2v) is 2.11. The number of hydrogen-bond donors (Lipinski definition) is 2. The van der Waals surface area contributed by atoms with Crippen molar-refractivity contribution >= 4 is 12.6 Å². The van der Waals surface area contributed by atoms with E-state index in [1.165, 1.54) is 24.3 Å². The third-order valence-electron chi connectivity index (χ3n) is 1.34. The molecule has 0 heterocycles. The minimum absolute atomic E-state index is 0.393. The summed E-state index contributed by atoms with van der Waals surface area (Å²) in [5.74, 6) is 0. The summed E-state index contributed by atoms with van der Waals surface area (Å²) >= 11 is 0. The Morgan fingerprint density at radius 1 is 1.15 bits per heavy atom. The molecule has 1 aromatic rings. The van der Waals surface area contributed by atoms with Gasteiger partial charge in [-0.25, -0.2) is 0 Å². The highest BCUT2D eigenvalue weighted by Gasteiger charge is 2.08. The first-order chi connectivity index (χ1) is 6.24. The van der Waals surface area contributed by atoms with Crippen molar-refractivity contribution in [3.63, 3.8) is 0 Å². The van der Waals surface area contributed by atoms with E-state index < -0.39 is 7.12 Å². The van der Waals surface area contributed by atoms with Crippen LogP contribution in [0.15, 0.2) is 24.3 Å². The summed E-state index contributed by atoms with van der Waals surface area (Å²) in [5, 5.41) is 25.7. The lowest BCUT2D eigenvalue weighted by atomic mass is 9.80. The maximum Gasteiger partial charge on any atom is 0.488 e. The fraction of sp³-hybridized carbons (Fsp3) is 0.222. The van der Waals surface area contributed by atoms with Crippen LogP contribution >= 0.6 is 0 Å². The number of nitriles is 1. The Morgan fingerprint density at radius 3 is 1.92 bits per heavy atom. The quantitative estimate of drug-likeness (QED) is 0.605. The Hall–Kier alpha value is -1.31. The van der Waals surface area contributed by atoms with Crippen LogP contribution in [-0.4, -0.2) is 17.2 Å². The fourth-order valence-corrected chi connectivity index (χ4v) is 0.730. The Labute approximate surface area is 78.4 Å². The van der Waals surface area contributed by atoms with E-state index in [0.29, 0.717) is 11.0 Å². The maximum absolute atomic E-state index is 8.66. The van der Waals surface area contributed by atoms with Crippen LogP contribution in [0.5, 0.6) is 0 Å². The van der Waals surface area contributed by atoms with Gasteiger partial charge in [-0.2, -0.15) is 5.26 Å². The molecule has 1 rings (SSSR count). The smallest absolute Gasteiger partial charge is 0.423 e. The van der Waals surface area contributed by atoms with E-state index >= 15 is 0 Å². The van der Waals surface area contributed by atoms with E-state index in [0.717, 1.165) is 0 Å². The summed E-state index contributed by atoms with van der Waals surface area (Å²) in [7, 11) is -1.46. The van der Waals surface area contributed by atoms with Gasteiger partial charge >= 0.3 is 7.12 Å². The van der Waals surface area contributed by atoms with Gasteiger partial charge in [0.2, 0.25) is 0 Å². The number of benzene rings is 1. The molecule has 68 valence electrons. The molecule has 0 amide bonds. The van der Waals surface area contributed by atoms with Crippen molar-refractivity contribution in [1.29, 1.82) is 5.26 Å². The Balaban J connectivity index is 0.000000671. The highest BCUT2D eigenvalue weighted by molar-refractivity contribution is 6.58. The van der Waals surface area contributed by atoms with E-state index in [9.17, 15) is 0 Å². The van der Waals surface area contributed by atoms with Crippen LogP contribution in [0.4, 0.5) is 0 Å². The monoisotopic (exact) mass is 177 g/mol. The van der Waals surface area contributed by atoms with E-state index in [2.05, 4.69) is 0 Å². The molecule has 0 unspecified atom stereocenters. The molecule has 0 aliphatic carbocycles.